The van der Waals surface area contributed by atoms with E-state index in [1.165, 1.54) is 0 Å². The second-order valence-corrected chi connectivity index (χ2v) is 6.36. The molecule has 1 aromatic heterocycles. The molecule has 1 heterocycles. The summed E-state index contributed by atoms with van der Waals surface area (Å²) in [6, 6.07) is 0. The number of hydrogen-bond donors (Lipinski definition) is 1. The average Bonchev–Trinajstić information content (AvgIpc) is 2.75. The lowest BCUT2D eigenvalue weighted by molar-refractivity contribution is -0.393. The number of rotatable bonds is 8. The Morgan fingerprint density at radius 2 is 2.17 bits per heavy atom. The predicted molar refractivity (Wildman–Crippen MR) is 72.1 cm³/mol. The van der Waals surface area contributed by atoms with Gasteiger partial charge in [-0.3, -0.25) is 8.98 Å². The number of carbonyl (C=O) groups excluding carboxylic acids is 1. The molecule has 13 heteroatoms. The summed E-state index contributed by atoms with van der Waals surface area (Å²) >= 11 is 0. The van der Waals surface area contributed by atoms with Crippen molar-refractivity contribution in [2.45, 2.75) is 26.0 Å². The first-order valence-electron chi connectivity index (χ1n) is 6.06. The van der Waals surface area contributed by atoms with Crippen LogP contribution in [0.5, 0.6) is 0 Å². The lowest BCUT2D eigenvalue weighted by Gasteiger charge is -2.10. The Bertz CT molecular complexity index is 697. The number of aromatic nitrogens is 2. The van der Waals surface area contributed by atoms with Gasteiger partial charge in [0.1, 0.15) is 6.61 Å². The largest absolute Gasteiger partial charge is 0.358 e. The van der Waals surface area contributed by atoms with Crippen LogP contribution in [0.3, 0.4) is 0 Å². The lowest BCUT2D eigenvalue weighted by atomic mass is 10.4. The van der Waals surface area contributed by atoms with Crippen molar-refractivity contribution in [2.24, 2.45) is 0 Å². The van der Waals surface area contributed by atoms with E-state index in [9.17, 15) is 32.1 Å². The van der Waals surface area contributed by atoms with Crippen LogP contribution in [0.15, 0.2) is 6.33 Å². The number of nitrogens with zero attached hydrogens (tertiary/aromatic N) is 3. The molecule has 1 rings (SSSR count). The van der Waals surface area contributed by atoms with E-state index in [1.54, 1.807) is 0 Å². The van der Waals surface area contributed by atoms with Gasteiger partial charge in [0.25, 0.3) is 21.9 Å². The van der Waals surface area contributed by atoms with Crippen LogP contribution in [0.1, 0.15) is 12.6 Å². The van der Waals surface area contributed by atoms with Crippen LogP contribution < -0.4 is 5.32 Å². The number of amides is 1. The van der Waals surface area contributed by atoms with Crippen molar-refractivity contribution in [1.82, 2.24) is 14.9 Å². The highest BCUT2D eigenvalue weighted by Gasteiger charge is 2.26. The molecular formula is C10H14F2N4O6S. The predicted octanol–water partition coefficient (Wildman–Crippen LogP) is 0.0389. The summed E-state index contributed by atoms with van der Waals surface area (Å²) in [5, 5.41) is 12.9. The molecule has 0 radical (unpaired) electrons. The summed E-state index contributed by atoms with van der Waals surface area (Å²) in [6.45, 7) is -1.62. The minimum Gasteiger partial charge on any atom is -0.358 e. The van der Waals surface area contributed by atoms with Gasteiger partial charge in [-0.15, -0.1) is 0 Å². The SMILES string of the molecule is CC(F)(F)CNC(=O)Cn1cnc(COS(C)(=O)=O)c1[N+](=O)[O-]. The third kappa shape index (κ3) is 6.65. The van der Waals surface area contributed by atoms with Gasteiger partial charge >= 0.3 is 5.82 Å². The first-order chi connectivity index (χ1) is 10.4. The van der Waals surface area contributed by atoms with E-state index in [2.05, 4.69) is 9.17 Å². The van der Waals surface area contributed by atoms with Gasteiger partial charge in [0.2, 0.25) is 0 Å². The molecule has 23 heavy (non-hydrogen) atoms. The monoisotopic (exact) mass is 356 g/mol. The van der Waals surface area contributed by atoms with E-state index in [0.717, 1.165) is 17.2 Å². The number of carbonyl (C=O) groups is 1. The van der Waals surface area contributed by atoms with Crippen molar-refractivity contribution in [3.63, 3.8) is 0 Å². The number of hydrogen-bond acceptors (Lipinski definition) is 7. The highest BCUT2D eigenvalue weighted by molar-refractivity contribution is 7.85. The van der Waals surface area contributed by atoms with Gasteiger partial charge in [0.05, 0.1) is 12.8 Å². The second-order valence-electron chi connectivity index (χ2n) is 4.71. The van der Waals surface area contributed by atoms with E-state index < -0.39 is 52.4 Å². The fourth-order valence-electron chi connectivity index (χ4n) is 1.47. The first kappa shape index (κ1) is 18.9. The molecule has 0 spiro atoms. The highest BCUT2D eigenvalue weighted by atomic mass is 32.2. The summed E-state index contributed by atoms with van der Waals surface area (Å²) in [7, 11) is -3.84. The number of halogens is 2. The average molecular weight is 356 g/mol. The molecule has 0 aromatic carbocycles. The summed E-state index contributed by atoms with van der Waals surface area (Å²) in [6.07, 6.45) is 1.68. The molecule has 0 aliphatic heterocycles. The first-order valence-corrected chi connectivity index (χ1v) is 7.88. The van der Waals surface area contributed by atoms with Crippen molar-refractivity contribution in [3.8, 4) is 0 Å². The van der Waals surface area contributed by atoms with Crippen molar-refractivity contribution in [1.29, 1.82) is 0 Å². The van der Waals surface area contributed by atoms with E-state index in [4.69, 9.17) is 0 Å². The van der Waals surface area contributed by atoms with Crippen LogP contribution in [0.2, 0.25) is 0 Å². The van der Waals surface area contributed by atoms with Crippen molar-refractivity contribution in [3.05, 3.63) is 22.1 Å². The van der Waals surface area contributed by atoms with E-state index in [1.807, 2.05) is 5.32 Å². The van der Waals surface area contributed by atoms with Crippen LogP contribution in [0.25, 0.3) is 0 Å². The zero-order chi connectivity index (χ0) is 17.8. The highest BCUT2D eigenvalue weighted by Crippen LogP contribution is 2.19. The maximum atomic E-state index is 12.6. The number of nitro groups is 1. The number of nitrogens with one attached hydrogen (secondary N) is 1. The smallest absolute Gasteiger partial charge is 0.348 e. The fraction of sp³-hybridized carbons (Fsp3) is 0.600. The van der Waals surface area contributed by atoms with Crippen LogP contribution >= 0.6 is 0 Å². The van der Waals surface area contributed by atoms with Gasteiger partial charge < -0.3 is 15.4 Å². The topological polar surface area (TPSA) is 133 Å². The molecule has 0 aliphatic carbocycles. The summed E-state index contributed by atoms with van der Waals surface area (Å²) in [4.78, 5) is 25.3. The summed E-state index contributed by atoms with van der Waals surface area (Å²) < 4.78 is 52.2. The van der Waals surface area contributed by atoms with Gasteiger partial charge in [0, 0.05) is 6.92 Å². The second kappa shape index (κ2) is 6.95. The van der Waals surface area contributed by atoms with Gasteiger partial charge in [-0.05, 0) is 4.92 Å². The van der Waals surface area contributed by atoms with Crippen LogP contribution in [-0.4, -0.2) is 47.5 Å². The van der Waals surface area contributed by atoms with Crippen molar-refractivity contribution in [2.75, 3.05) is 12.8 Å². The molecule has 0 aliphatic rings. The Balaban J connectivity index is 2.85. The molecule has 130 valence electrons. The molecule has 0 saturated carbocycles. The molecule has 0 unspecified atom stereocenters. The number of imidazole rings is 1. The molecule has 10 nitrogen and oxygen atoms in total. The lowest BCUT2D eigenvalue weighted by Crippen LogP contribution is -2.36. The Morgan fingerprint density at radius 3 is 2.65 bits per heavy atom. The molecule has 0 saturated heterocycles. The van der Waals surface area contributed by atoms with Gasteiger partial charge in [0.15, 0.2) is 18.6 Å². The van der Waals surface area contributed by atoms with Crippen LogP contribution in [-0.2, 0) is 32.2 Å². The number of alkyl halides is 2. The standard InChI is InChI=1S/C10H14F2N4O6S/c1-10(11,12)5-13-8(17)3-15-6-14-7(9(15)16(18)19)4-22-23(2,20)21/h6H,3-5H2,1-2H3,(H,13,17). The third-order valence-electron chi connectivity index (χ3n) is 2.38. The van der Waals surface area contributed by atoms with Gasteiger partial charge in [-0.2, -0.15) is 8.42 Å². The maximum Gasteiger partial charge on any atom is 0.348 e. The molecule has 1 aromatic rings. The maximum absolute atomic E-state index is 12.6. The minimum atomic E-state index is -3.84. The molecular weight excluding hydrogens is 342 g/mol. The molecule has 0 atom stereocenters. The molecule has 1 amide bonds. The Hall–Kier alpha value is -2.15. The Kier molecular flexibility index (Phi) is 5.71. The molecule has 1 N–H and O–H groups in total. The normalized spacial score (nSPS) is 12.2. The Labute approximate surface area is 129 Å². The molecule has 0 fully saturated rings. The van der Waals surface area contributed by atoms with E-state index >= 15 is 0 Å². The zero-order valence-electron chi connectivity index (χ0n) is 12.2. The molecule has 0 bridgehead atoms. The zero-order valence-corrected chi connectivity index (χ0v) is 13.0. The minimum absolute atomic E-state index is 0.311. The van der Waals surface area contributed by atoms with Crippen molar-refractivity contribution >= 4 is 21.8 Å². The fourth-order valence-corrected chi connectivity index (χ4v) is 1.80. The quantitative estimate of drug-likeness (QED) is 0.395. The van der Waals surface area contributed by atoms with Gasteiger partial charge in [-0.1, -0.05) is 0 Å². The van der Waals surface area contributed by atoms with Crippen LogP contribution in [0.4, 0.5) is 14.6 Å². The van der Waals surface area contributed by atoms with E-state index in [-0.39, 0.29) is 5.69 Å². The Morgan fingerprint density at radius 1 is 1.57 bits per heavy atom. The van der Waals surface area contributed by atoms with Crippen molar-refractivity contribution < 1.29 is 31.1 Å². The third-order valence-corrected chi connectivity index (χ3v) is 2.92. The van der Waals surface area contributed by atoms with E-state index in [0.29, 0.717) is 6.92 Å². The van der Waals surface area contributed by atoms with Crippen LogP contribution in [0, 0.1) is 10.1 Å². The summed E-state index contributed by atoms with van der Waals surface area (Å²) in [5.74, 6) is -4.67. The van der Waals surface area contributed by atoms with Gasteiger partial charge in [-0.25, -0.2) is 18.3 Å². The summed E-state index contributed by atoms with van der Waals surface area (Å²) in [5.41, 5.74) is -0.311.